The third-order valence-electron chi connectivity index (χ3n) is 3.41. The van der Waals surface area contributed by atoms with Gasteiger partial charge in [-0.15, -0.1) is 11.3 Å². The normalized spacial score (nSPS) is 10.5. The number of thiazole rings is 1. The highest BCUT2D eigenvalue weighted by molar-refractivity contribution is 7.14. The molecule has 1 N–H and O–H groups in total. The van der Waals surface area contributed by atoms with Crippen molar-refractivity contribution in [3.05, 3.63) is 59.1 Å². The van der Waals surface area contributed by atoms with E-state index in [1.165, 1.54) is 11.3 Å². The maximum atomic E-state index is 12.2. The van der Waals surface area contributed by atoms with Crippen LogP contribution in [0.1, 0.15) is 23.0 Å². The van der Waals surface area contributed by atoms with Crippen LogP contribution in [0.2, 0.25) is 0 Å². The third kappa shape index (κ3) is 3.78. The van der Waals surface area contributed by atoms with Crippen molar-refractivity contribution in [3.8, 4) is 0 Å². The average molecular weight is 340 g/mol. The molecule has 0 bridgehead atoms. The Kier molecular flexibility index (Phi) is 4.86. The van der Waals surface area contributed by atoms with E-state index in [1.807, 2.05) is 42.5 Å². The first-order valence-electron chi connectivity index (χ1n) is 7.56. The lowest BCUT2D eigenvalue weighted by molar-refractivity contribution is -0.115. The van der Waals surface area contributed by atoms with Crippen LogP contribution in [0.3, 0.4) is 0 Å². The Labute approximate surface area is 143 Å². The number of ether oxygens (including phenoxy) is 1. The minimum Gasteiger partial charge on any atom is -0.461 e. The largest absolute Gasteiger partial charge is 0.461 e. The lowest BCUT2D eigenvalue weighted by Gasteiger charge is -2.04. The number of anilines is 1. The van der Waals surface area contributed by atoms with Gasteiger partial charge in [0, 0.05) is 5.38 Å². The number of carbonyl (C=O) groups is 2. The van der Waals surface area contributed by atoms with Gasteiger partial charge in [-0.2, -0.15) is 0 Å². The topological polar surface area (TPSA) is 68.3 Å². The minimum atomic E-state index is -0.483. The van der Waals surface area contributed by atoms with E-state index in [0.717, 1.165) is 16.3 Å². The lowest BCUT2D eigenvalue weighted by Crippen LogP contribution is -2.14. The highest BCUT2D eigenvalue weighted by Gasteiger charge is 2.13. The molecule has 1 amide bonds. The van der Waals surface area contributed by atoms with E-state index in [0.29, 0.717) is 11.7 Å². The van der Waals surface area contributed by atoms with Crippen molar-refractivity contribution in [3.63, 3.8) is 0 Å². The third-order valence-corrected chi connectivity index (χ3v) is 4.17. The van der Waals surface area contributed by atoms with Gasteiger partial charge in [-0.25, -0.2) is 9.78 Å². The summed E-state index contributed by atoms with van der Waals surface area (Å²) >= 11 is 1.20. The van der Waals surface area contributed by atoms with Crippen LogP contribution in [0, 0.1) is 0 Å². The Morgan fingerprint density at radius 1 is 1.17 bits per heavy atom. The van der Waals surface area contributed by atoms with Crippen LogP contribution in [0.5, 0.6) is 0 Å². The van der Waals surface area contributed by atoms with E-state index in [4.69, 9.17) is 4.74 Å². The molecule has 0 saturated carbocycles. The van der Waals surface area contributed by atoms with Crippen LogP contribution in [0.15, 0.2) is 47.8 Å². The summed E-state index contributed by atoms with van der Waals surface area (Å²) in [5.41, 5.74) is 1.14. The molecule has 3 aromatic rings. The van der Waals surface area contributed by atoms with Gasteiger partial charge < -0.3 is 10.1 Å². The maximum absolute atomic E-state index is 12.2. The molecule has 2 aromatic carbocycles. The first-order valence-corrected chi connectivity index (χ1v) is 8.44. The fourth-order valence-corrected chi connectivity index (χ4v) is 3.02. The molecule has 0 aliphatic heterocycles. The number of fused-ring (bicyclic) bond motifs is 1. The number of esters is 1. The summed E-state index contributed by atoms with van der Waals surface area (Å²) in [7, 11) is 0. The summed E-state index contributed by atoms with van der Waals surface area (Å²) in [6.45, 7) is 2.02. The van der Waals surface area contributed by atoms with Crippen molar-refractivity contribution in [1.82, 2.24) is 4.98 Å². The van der Waals surface area contributed by atoms with Gasteiger partial charge in [0.2, 0.25) is 5.91 Å². The first kappa shape index (κ1) is 16.1. The van der Waals surface area contributed by atoms with Crippen LogP contribution in [0.25, 0.3) is 10.8 Å². The number of rotatable bonds is 5. The molecule has 0 aliphatic rings. The van der Waals surface area contributed by atoms with Gasteiger partial charge in [-0.1, -0.05) is 42.5 Å². The predicted molar refractivity (Wildman–Crippen MR) is 94.4 cm³/mol. The van der Waals surface area contributed by atoms with Crippen LogP contribution >= 0.6 is 11.3 Å². The van der Waals surface area contributed by atoms with Crippen LogP contribution in [-0.4, -0.2) is 23.5 Å². The van der Waals surface area contributed by atoms with Crippen LogP contribution < -0.4 is 5.32 Å². The monoisotopic (exact) mass is 340 g/mol. The molecule has 1 heterocycles. The zero-order chi connectivity index (χ0) is 16.9. The summed E-state index contributed by atoms with van der Waals surface area (Å²) < 4.78 is 4.88. The summed E-state index contributed by atoms with van der Waals surface area (Å²) in [5.74, 6) is -0.654. The second-order valence-electron chi connectivity index (χ2n) is 5.16. The lowest BCUT2D eigenvalue weighted by atomic mass is 10.1. The highest BCUT2D eigenvalue weighted by atomic mass is 32.1. The molecule has 24 heavy (non-hydrogen) atoms. The van der Waals surface area contributed by atoms with Crippen molar-refractivity contribution in [2.45, 2.75) is 13.3 Å². The van der Waals surface area contributed by atoms with Gasteiger partial charge in [-0.3, -0.25) is 4.79 Å². The van der Waals surface area contributed by atoms with Gasteiger partial charge in [0.05, 0.1) is 13.0 Å². The molecule has 5 nitrogen and oxygen atoms in total. The predicted octanol–water partition coefficient (Wildman–Crippen LogP) is 3.65. The number of benzene rings is 2. The first-order chi connectivity index (χ1) is 11.7. The standard InChI is InChI=1S/C18H16N2O3S/c1-2-23-17(22)15-11-24-18(19-15)20-16(21)10-12-7-8-13-5-3-4-6-14(13)9-12/h3-9,11H,2,10H2,1H3,(H,19,20,21). The summed E-state index contributed by atoms with van der Waals surface area (Å²) in [5, 5.41) is 6.92. The molecular formula is C18H16N2O3S. The summed E-state index contributed by atoms with van der Waals surface area (Å²) in [6, 6.07) is 13.9. The number of nitrogens with zero attached hydrogens (tertiary/aromatic N) is 1. The Hall–Kier alpha value is -2.73. The molecule has 0 atom stereocenters. The van der Waals surface area contributed by atoms with Gasteiger partial charge in [0.15, 0.2) is 10.8 Å². The summed E-state index contributed by atoms with van der Waals surface area (Å²) in [4.78, 5) is 27.8. The fraction of sp³-hybridized carbons (Fsp3) is 0.167. The van der Waals surface area contributed by atoms with Crippen LogP contribution in [-0.2, 0) is 16.0 Å². The molecule has 1 aromatic heterocycles. The summed E-state index contributed by atoms with van der Waals surface area (Å²) in [6.07, 6.45) is 0.249. The highest BCUT2D eigenvalue weighted by Crippen LogP contribution is 2.18. The van der Waals surface area contributed by atoms with E-state index in [1.54, 1.807) is 12.3 Å². The zero-order valence-electron chi connectivity index (χ0n) is 13.1. The Bertz CT molecular complexity index is 889. The molecule has 0 spiro atoms. The molecule has 0 aliphatic carbocycles. The van der Waals surface area contributed by atoms with E-state index in [-0.39, 0.29) is 18.0 Å². The maximum Gasteiger partial charge on any atom is 0.357 e. The Morgan fingerprint density at radius 3 is 2.75 bits per heavy atom. The minimum absolute atomic E-state index is 0.171. The van der Waals surface area contributed by atoms with E-state index < -0.39 is 5.97 Å². The van der Waals surface area contributed by atoms with E-state index in [2.05, 4.69) is 10.3 Å². The Morgan fingerprint density at radius 2 is 1.96 bits per heavy atom. The number of aromatic nitrogens is 1. The SMILES string of the molecule is CCOC(=O)c1csc(NC(=O)Cc2ccc3ccccc3c2)n1. The zero-order valence-corrected chi connectivity index (χ0v) is 13.9. The van der Waals surface area contributed by atoms with Crippen molar-refractivity contribution in [2.24, 2.45) is 0 Å². The van der Waals surface area contributed by atoms with Gasteiger partial charge in [0.1, 0.15) is 0 Å². The smallest absolute Gasteiger partial charge is 0.357 e. The number of amides is 1. The molecule has 0 unspecified atom stereocenters. The molecular weight excluding hydrogens is 324 g/mol. The van der Waals surface area contributed by atoms with Gasteiger partial charge >= 0.3 is 5.97 Å². The molecule has 0 saturated heterocycles. The number of carbonyl (C=O) groups excluding carboxylic acids is 2. The Balaban J connectivity index is 1.65. The van der Waals surface area contributed by atoms with Crippen LogP contribution in [0.4, 0.5) is 5.13 Å². The van der Waals surface area contributed by atoms with Crippen molar-refractivity contribution < 1.29 is 14.3 Å². The van der Waals surface area contributed by atoms with Crippen molar-refractivity contribution >= 4 is 39.1 Å². The van der Waals surface area contributed by atoms with Crippen molar-refractivity contribution in [1.29, 1.82) is 0 Å². The molecule has 0 radical (unpaired) electrons. The van der Waals surface area contributed by atoms with Gasteiger partial charge in [0.25, 0.3) is 0 Å². The quantitative estimate of drug-likeness (QED) is 0.720. The average Bonchev–Trinajstić information content (AvgIpc) is 3.03. The second kappa shape index (κ2) is 7.23. The molecule has 6 heteroatoms. The number of nitrogens with one attached hydrogen (secondary N) is 1. The fourth-order valence-electron chi connectivity index (χ4n) is 2.33. The van der Waals surface area contributed by atoms with E-state index in [9.17, 15) is 9.59 Å². The second-order valence-corrected chi connectivity index (χ2v) is 6.02. The molecule has 122 valence electrons. The van der Waals surface area contributed by atoms with E-state index >= 15 is 0 Å². The number of hydrogen-bond donors (Lipinski definition) is 1. The molecule has 3 rings (SSSR count). The molecule has 0 fully saturated rings. The van der Waals surface area contributed by atoms with Gasteiger partial charge in [-0.05, 0) is 23.3 Å². The van der Waals surface area contributed by atoms with Crippen molar-refractivity contribution in [2.75, 3.05) is 11.9 Å². The number of hydrogen-bond acceptors (Lipinski definition) is 5.